The predicted octanol–water partition coefficient (Wildman–Crippen LogP) is 5.63. The van der Waals surface area contributed by atoms with Gasteiger partial charge >= 0.3 is 10.1 Å². The van der Waals surface area contributed by atoms with Gasteiger partial charge in [-0.1, -0.05) is 66.7 Å². The zero-order chi connectivity index (χ0) is 30.5. The molecule has 0 spiro atoms. The molecule has 0 saturated heterocycles. The minimum atomic E-state index is -4.02. The number of nitrogens with two attached hydrogens (primary N) is 1. The van der Waals surface area contributed by atoms with Gasteiger partial charge in [-0.15, -0.1) is 0 Å². The number of fused-ring (bicyclic) bond motifs is 4. The molecule has 4 aromatic carbocycles. The molecule has 1 aliphatic rings. The summed E-state index contributed by atoms with van der Waals surface area (Å²) in [6, 6.07) is 27.1. The van der Waals surface area contributed by atoms with Crippen LogP contribution in [0.5, 0.6) is 5.75 Å². The molecule has 0 fully saturated rings. The number of nitrogens with one attached hydrogen (secondary N) is 1. The Kier molecular flexibility index (Phi) is 9.25. The Morgan fingerprint density at radius 1 is 0.953 bits per heavy atom. The first-order valence-corrected chi connectivity index (χ1v) is 15.7. The van der Waals surface area contributed by atoms with Crippen molar-refractivity contribution >= 4 is 16.0 Å². The summed E-state index contributed by atoms with van der Waals surface area (Å²) in [5.74, 6) is -1.11. The lowest BCUT2D eigenvalue weighted by Gasteiger charge is -2.25. The van der Waals surface area contributed by atoms with E-state index in [4.69, 9.17) is 14.7 Å². The summed E-state index contributed by atoms with van der Waals surface area (Å²) in [4.78, 5) is 13.7. The fourth-order valence-corrected chi connectivity index (χ4v) is 6.31. The number of carbonyl (C=O) groups is 1. The molecule has 4 aromatic rings. The Labute approximate surface area is 252 Å². The fraction of sp³-hybridized carbons (Fsp3) is 0.265. The van der Waals surface area contributed by atoms with Crippen molar-refractivity contribution in [3.63, 3.8) is 0 Å². The van der Waals surface area contributed by atoms with Gasteiger partial charge in [0.05, 0.1) is 19.3 Å². The molecule has 5 rings (SSSR count). The van der Waals surface area contributed by atoms with Crippen molar-refractivity contribution in [2.45, 2.75) is 50.1 Å². The molecule has 0 saturated carbocycles. The summed E-state index contributed by atoms with van der Waals surface area (Å²) >= 11 is 0. The minimum Gasteiger partial charge on any atom is -0.382 e. The molecule has 0 aromatic heterocycles. The molecule has 7 nitrogen and oxygen atoms in total. The van der Waals surface area contributed by atoms with E-state index in [0.29, 0.717) is 30.4 Å². The first-order valence-electron chi connectivity index (χ1n) is 14.1. The maximum Gasteiger partial charge on any atom is 0.313 e. The molecule has 224 valence electrons. The Bertz CT molecular complexity index is 1680. The zero-order valence-corrected chi connectivity index (χ0v) is 24.8. The molecular weight excluding hydrogens is 567 g/mol. The van der Waals surface area contributed by atoms with Gasteiger partial charge in [-0.05, 0) is 84.3 Å². The molecule has 43 heavy (non-hydrogen) atoms. The van der Waals surface area contributed by atoms with Crippen LogP contribution in [0, 0.1) is 5.82 Å². The zero-order valence-electron chi connectivity index (χ0n) is 24.0. The summed E-state index contributed by atoms with van der Waals surface area (Å²) in [6.45, 7) is 2.25. The van der Waals surface area contributed by atoms with E-state index in [-0.39, 0.29) is 36.1 Å². The highest BCUT2D eigenvalue weighted by Crippen LogP contribution is 2.26. The Morgan fingerprint density at radius 3 is 2.47 bits per heavy atom. The highest BCUT2D eigenvalue weighted by atomic mass is 32.2. The number of benzene rings is 4. The van der Waals surface area contributed by atoms with E-state index in [0.717, 1.165) is 16.7 Å². The molecular formula is C34H35FN2O5S. The largest absolute Gasteiger partial charge is 0.382 e. The molecule has 1 aliphatic heterocycles. The van der Waals surface area contributed by atoms with Gasteiger partial charge in [0.25, 0.3) is 5.91 Å². The predicted molar refractivity (Wildman–Crippen MR) is 163 cm³/mol. The molecule has 1 amide bonds. The number of rotatable bonds is 5. The van der Waals surface area contributed by atoms with Gasteiger partial charge in [0.2, 0.25) is 0 Å². The van der Waals surface area contributed by atoms with Crippen molar-refractivity contribution in [2.24, 2.45) is 5.73 Å². The van der Waals surface area contributed by atoms with E-state index in [1.54, 1.807) is 54.6 Å². The molecule has 2 unspecified atom stereocenters. The maximum atomic E-state index is 13.7. The average Bonchev–Trinajstić information content (AvgIpc) is 2.95. The summed E-state index contributed by atoms with van der Waals surface area (Å²) in [7, 11) is -4.02. The summed E-state index contributed by atoms with van der Waals surface area (Å²) in [6.07, 6.45) is 1.80. The van der Waals surface area contributed by atoms with Crippen LogP contribution < -0.4 is 15.2 Å². The number of halogens is 1. The van der Waals surface area contributed by atoms with Gasteiger partial charge in [0.1, 0.15) is 17.3 Å². The number of aryl methyl sites for hydroxylation is 1. The third-order valence-electron chi connectivity index (χ3n) is 7.24. The molecule has 0 aliphatic carbocycles. The molecule has 9 heteroatoms. The van der Waals surface area contributed by atoms with Crippen LogP contribution >= 0.6 is 0 Å². The number of hydrogen-bond acceptors (Lipinski definition) is 6. The van der Waals surface area contributed by atoms with E-state index in [1.807, 2.05) is 25.1 Å². The van der Waals surface area contributed by atoms with Crippen LogP contribution in [-0.2, 0) is 40.1 Å². The van der Waals surface area contributed by atoms with Crippen LogP contribution in [0.1, 0.15) is 57.6 Å². The van der Waals surface area contributed by atoms with Crippen molar-refractivity contribution in [1.82, 2.24) is 5.32 Å². The van der Waals surface area contributed by atoms with Gasteiger partial charge < -0.3 is 20.0 Å². The lowest BCUT2D eigenvalue weighted by Crippen LogP contribution is -2.43. The second kappa shape index (κ2) is 13.1. The van der Waals surface area contributed by atoms with E-state index >= 15 is 0 Å². The van der Waals surface area contributed by atoms with Crippen LogP contribution in [0.15, 0.2) is 97.1 Å². The lowest BCUT2D eigenvalue weighted by molar-refractivity contribution is 0.0788. The smallest absolute Gasteiger partial charge is 0.313 e. The van der Waals surface area contributed by atoms with E-state index < -0.39 is 27.6 Å². The van der Waals surface area contributed by atoms with Crippen LogP contribution in [-0.4, -0.2) is 26.5 Å². The SMILES string of the molecule is CC1(N)COCc2cc(OS(=O)(=O)Cc3ccccc3)cc(c2)C(=O)NC(c2ccc(F)cc2)CCc2cccc(c2)C1. The second-order valence-electron chi connectivity index (χ2n) is 11.4. The van der Waals surface area contributed by atoms with E-state index in [2.05, 4.69) is 11.4 Å². The van der Waals surface area contributed by atoms with E-state index in [1.165, 1.54) is 18.2 Å². The number of hydrogen-bond donors (Lipinski definition) is 2. The van der Waals surface area contributed by atoms with Crippen LogP contribution in [0.3, 0.4) is 0 Å². The molecule has 3 N–H and O–H groups in total. The molecule has 0 radical (unpaired) electrons. The highest BCUT2D eigenvalue weighted by Gasteiger charge is 2.23. The summed E-state index contributed by atoms with van der Waals surface area (Å²) in [5, 5.41) is 3.07. The Morgan fingerprint density at radius 2 is 1.70 bits per heavy atom. The van der Waals surface area contributed by atoms with Gasteiger partial charge in [-0.3, -0.25) is 4.79 Å². The second-order valence-corrected chi connectivity index (χ2v) is 13.0. The topological polar surface area (TPSA) is 108 Å². The first kappa shape index (κ1) is 30.4. The van der Waals surface area contributed by atoms with Gasteiger partial charge in [0.15, 0.2) is 0 Å². The Hall–Kier alpha value is -4.05. The van der Waals surface area contributed by atoms with Crippen LogP contribution in [0.4, 0.5) is 4.39 Å². The van der Waals surface area contributed by atoms with E-state index in [9.17, 15) is 17.6 Å². The standard InChI is InChI=1S/C34H35FN2O5S/c1-34(36)20-26-9-5-8-24(16-26)10-15-32(28-11-13-30(35)14-12-28)37-33(38)29-17-27(21-41-23-34)18-31(19-29)42-43(39,40)22-25-6-3-2-4-7-25/h2-9,11-14,16-19,32H,10,15,20-23,36H2,1H3,(H,37,38). The maximum absolute atomic E-state index is 13.7. The van der Waals surface area contributed by atoms with Crippen LogP contribution in [0.2, 0.25) is 0 Å². The summed E-state index contributed by atoms with van der Waals surface area (Å²) in [5.41, 5.74) is 10.2. The monoisotopic (exact) mass is 602 g/mol. The van der Waals surface area contributed by atoms with Crippen molar-refractivity contribution in [1.29, 1.82) is 0 Å². The molecule has 2 atom stereocenters. The van der Waals surface area contributed by atoms with Crippen molar-refractivity contribution in [3.8, 4) is 5.75 Å². The van der Waals surface area contributed by atoms with Crippen molar-refractivity contribution in [2.75, 3.05) is 6.61 Å². The third kappa shape index (κ3) is 8.73. The number of carbonyl (C=O) groups excluding carboxylic acids is 1. The van der Waals surface area contributed by atoms with Gasteiger partial charge in [0, 0.05) is 11.1 Å². The van der Waals surface area contributed by atoms with Crippen LogP contribution in [0.25, 0.3) is 0 Å². The highest BCUT2D eigenvalue weighted by molar-refractivity contribution is 7.86. The van der Waals surface area contributed by atoms with Crippen molar-refractivity contribution in [3.05, 3.63) is 136 Å². The third-order valence-corrected chi connectivity index (χ3v) is 8.37. The Balaban J connectivity index is 1.48. The minimum absolute atomic E-state index is 0.00659. The van der Waals surface area contributed by atoms with Crippen molar-refractivity contribution < 1.29 is 26.5 Å². The average molecular weight is 603 g/mol. The normalized spacial score (nSPS) is 19.8. The number of ether oxygens (including phenoxy) is 1. The molecule has 1 heterocycles. The fourth-order valence-electron chi connectivity index (χ4n) is 5.26. The number of amides is 1. The quantitative estimate of drug-likeness (QED) is 0.287. The first-order chi connectivity index (χ1) is 20.5. The summed E-state index contributed by atoms with van der Waals surface area (Å²) < 4.78 is 51.1. The molecule has 4 bridgehead atoms. The van der Waals surface area contributed by atoms with Gasteiger partial charge in [-0.25, -0.2) is 4.39 Å². The lowest BCUT2D eigenvalue weighted by atomic mass is 9.92. The van der Waals surface area contributed by atoms with Gasteiger partial charge in [-0.2, -0.15) is 8.42 Å².